The average molecular weight is 742 g/mol. The van der Waals surface area contributed by atoms with Gasteiger partial charge in [0.05, 0.1) is 28.5 Å². The molecule has 284 valence electrons. The molecule has 0 radical (unpaired) electrons. The Morgan fingerprint density at radius 1 is 0.942 bits per heavy atom. The van der Waals surface area contributed by atoms with E-state index in [1.54, 1.807) is 72.7 Å². The average Bonchev–Trinajstić information content (AvgIpc) is 3.05. The Hall–Kier alpha value is -4.24. The van der Waals surface area contributed by atoms with Crippen LogP contribution in [0.3, 0.4) is 0 Å². The van der Waals surface area contributed by atoms with Crippen LogP contribution in [0.4, 0.5) is 10.1 Å². The van der Waals surface area contributed by atoms with Crippen LogP contribution in [0.5, 0.6) is 0 Å². The number of aryl methyl sites for hydroxylation is 1. The quantitative estimate of drug-likeness (QED) is 0.113. The predicted molar refractivity (Wildman–Crippen MR) is 198 cm³/mol. The Balaban J connectivity index is 1.88. The molecule has 0 aliphatic carbocycles. The van der Waals surface area contributed by atoms with Crippen molar-refractivity contribution in [3.05, 3.63) is 105 Å². The molecule has 0 unspecified atom stereocenters. The summed E-state index contributed by atoms with van der Waals surface area (Å²) >= 11 is 0. The van der Waals surface area contributed by atoms with Gasteiger partial charge in [-0.15, -0.1) is 0 Å². The normalized spacial score (nSPS) is 14.2. The summed E-state index contributed by atoms with van der Waals surface area (Å²) < 4.78 is 42.8. The Morgan fingerprint density at radius 2 is 1.60 bits per heavy atom. The number of aliphatic hydroxyl groups excluding tert-OH is 1. The molecule has 0 fully saturated rings. The highest BCUT2D eigenvalue weighted by molar-refractivity contribution is 7.89. The summed E-state index contributed by atoms with van der Waals surface area (Å²) in [7, 11) is -4.32. The Kier molecular flexibility index (Phi) is 14.2. The first kappa shape index (κ1) is 42.2. The highest BCUT2D eigenvalue weighted by atomic mass is 32.2. The molecule has 0 aromatic heterocycles. The minimum atomic E-state index is -4.32. The molecule has 0 bridgehead atoms. The number of halogens is 1. The summed E-state index contributed by atoms with van der Waals surface area (Å²) in [6.07, 6.45) is -1.30. The second kappa shape index (κ2) is 17.5. The summed E-state index contributed by atoms with van der Waals surface area (Å²) in [5.74, 6) is -1.65. The van der Waals surface area contributed by atoms with Gasteiger partial charge in [0.25, 0.3) is 5.69 Å². The van der Waals surface area contributed by atoms with E-state index in [1.807, 2.05) is 18.2 Å². The first-order valence-corrected chi connectivity index (χ1v) is 18.6. The molecule has 0 saturated heterocycles. The van der Waals surface area contributed by atoms with Crippen LogP contribution in [0.15, 0.2) is 77.7 Å². The van der Waals surface area contributed by atoms with Crippen LogP contribution >= 0.6 is 0 Å². The first-order valence-electron chi connectivity index (χ1n) is 17.2. The molecule has 2 amide bonds. The molecule has 3 rings (SSSR count). The lowest BCUT2D eigenvalue weighted by Crippen LogP contribution is -2.59. The van der Waals surface area contributed by atoms with Gasteiger partial charge in [-0.2, -0.15) is 4.31 Å². The first-order chi connectivity index (χ1) is 24.1. The number of nitro groups is 1. The van der Waals surface area contributed by atoms with Crippen molar-refractivity contribution in [1.29, 1.82) is 0 Å². The van der Waals surface area contributed by atoms with Gasteiger partial charge in [0, 0.05) is 30.3 Å². The van der Waals surface area contributed by atoms with Crippen LogP contribution in [0.2, 0.25) is 0 Å². The lowest BCUT2D eigenvalue weighted by Gasteiger charge is -2.35. The number of amides is 2. The van der Waals surface area contributed by atoms with Gasteiger partial charge in [-0.25, -0.2) is 12.8 Å². The number of carbonyl (C=O) groups is 2. The van der Waals surface area contributed by atoms with E-state index in [9.17, 15) is 37.6 Å². The van der Waals surface area contributed by atoms with Gasteiger partial charge in [0.2, 0.25) is 21.8 Å². The van der Waals surface area contributed by atoms with Gasteiger partial charge >= 0.3 is 0 Å². The molecule has 12 nitrogen and oxygen atoms in total. The number of hydrogen-bond donors (Lipinski definition) is 4. The van der Waals surface area contributed by atoms with Crippen molar-refractivity contribution in [2.45, 2.75) is 90.4 Å². The van der Waals surface area contributed by atoms with Crippen LogP contribution in [-0.2, 0) is 31.6 Å². The molecule has 0 aliphatic heterocycles. The van der Waals surface area contributed by atoms with Crippen molar-refractivity contribution in [1.82, 2.24) is 20.3 Å². The topological polar surface area (TPSA) is 171 Å². The number of rotatable bonds is 17. The number of nitro benzene ring substituents is 1. The zero-order valence-corrected chi connectivity index (χ0v) is 32.0. The molecule has 4 N–H and O–H groups in total. The second-order valence-corrected chi connectivity index (χ2v) is 17.1. The molecule has 0 saturated carbocycles. The second-order valence-electron chi connectivity index (χ2n) is 15.1. The van der Waals surface area contributed by atoms with Crippen molar-refractivity contribution >= 4 is 27.5 Å². The van der Waals surface area contributed by atoms with Crippen LogP contribution in [0, 0.1) is 34.2 Å². The molecule has 52 heavy (non-hydrogen) atoms. The predicted octanol–water partition coefficient (Wildman–Crippen LogP) is 4.83. The fourth-order valence-corrected chi connectivity index (χ4v) is 7.34. The highest BCUT2D eigenvalue weighted by Crippen LogP contribution is 2.26. The van der Waals surface area contributed by atoms with Gasteiger partial charge in [0.1, 0.15) is 11.9 Å². The molecular weight excluding hydrogens is 690 g/mol. The van der Waals surface area contributed by atoms with Gasteiger partial charge in [-0.3, -0.25) is 25.0 Å². The maximum absolute atomic E-state index is 14.0. The number of benzene rings is 3. The van der Waals surface area contributed by atoms with E-state index in [2.05, 4.69) is 16.0 Å². The summed E-state index contributed by atoms with van der Waals surface area (Å²) in [6, 6.07) is 16.7. The third kappa shape index (κ3) is 11.6. The number of sulfonamides is 1. The zero-order valence-electron chi connectivity index (χ0n) is 31.1. The number of nitrogens with one attached hydrogen (secondary N) is 3. The molecule has 3 atom stereocenters. The summed E-state index contributed by atoms with van der Waals surface area (Å²) in [4.78, 5) is 37.9. The Bertz CT molecular complexity index is 1810. The van der Waals surface area contributed by atoms with Crippen molar-refractivity contribution in [3.8, 4) is 0 Å². The lowest BCUT2D eigenvalue weighted by molar-refractivity contribution is -0.385. The molecule has 0 aliphatic rings. The Morgan fingerprint density at radius 3 is 2.17 bits per heavy atom. The van der Waals surface area contributed by atoms with Crippen LogP contribution in [-0.4, -0.2) is 72.4 Å². The summed E-state index contributed by atoms with van der Waals surface area (Å²) in [5.41, 5.74) is -0.195. The summed E-state index contributed by atoms with van der Waals surface area (Å²) in [6.45, 7) is 13.5. The number of carbonyl (C=O) groups excluding carboxylic acids is 2. The standard InChI is InChI=1S/C38H52FN5O7S/c1-25(2)23-43(52(50,51)30-18-17-26(3)32(21-30)44(48)49)24-33(45)31(19-27-13-10-9-11-14-27)41-36(47)35(37(4,5)6)42-34(46)22-40-38(7,8)28-15-12-16-29(39)20-28/h9-18,20-21,25,31,33,35,40,45H,19,22-24H2,1-8H3,(H,41,47)(H,42,46)/t31-,33+,35+/m0/s1. The smallest absolute Gasteiger partial charge is 0.273 e. The highest BCUT2D eigenvalue weighted by Gasteiger charge is 2.37. The van der Waals surface area contributed by atoms with Crippen molar-refractivity contribution < 1.29 is 32.4 Å². The maximum Gasteiger partial charge on any atom is 0.273 e. The molecule has 3 aromatic rings. The maximum atomic E-state index is 14.0. The SMILES string of the molecule is Cc1ccc(S(=O)(=O)N(CC(C)C)C[C@@H](O)[C@H](Cc2ccccc2)NC(=O)[C@@H](NC(=O)CNC(C)(C)c2cccc(F)c2)C(C)(C)C)cc1[N+](=O)[O-]. The molecule has 14 heteroatoms. The van der Waals surface area contributed by atoms with Crippen molar-refractivity contribution in [2.24, 2.45) is 11.3 Å². The van der Waals surface area contributed by atoms with Gasteiger partial charge < -0.3 is 15.7 Å². The van der Waals surface area contributed by atoms with E-state index < -0.39 is 68.3 Å². The fraction of sp³-hybridized carbons (Fsp3) is 0.474. The monoisotopic (exact) mass is 741 g/mol. The molecule has 0 spiro atoms. The summed E-state index contributed by atoms with van der Waals surface area (Å²) in [5, 5.41) is 32.1. The van der Waals surface area contributed by atoms with Crippen LogP contribution in [0.1, 0.15) is 65.2 Å². The van der Waals surface area contributed by atoms with Gasteiger partial charge in [-0.05, 0) is 67.9 Å². The third-order valence-electron chi connectivity index (χ3n) is 8.74. The van der Waals surface area contributed by atoms with E-state index in [4.69, 9.17) is 0 Å². The lowest BCUT2D eigenvalue weighted by atomic mass is 9.85. The minimum absolute atomic E-state index is 0.00723. The van der Waals surface area contributed by atoms with Crippen LogP contribution in [0.25, 0.3) is 0 Å². The van der Waals surface area contributed by atoms with E-state index in [0.717, 1.165) is 15.9 Å². The van der Waals surface area contributed by atoms with Gasteiger partial charge in [0.15, 0.2) is 0 Å². The Labute approximate surface area is 306 Å². The van der Waals surface area contributed by atoms with Crippen molar-refractivity contribution in [3.63, 3.8) is 0 Å². The van der Waals surface area contributed by atoms with Gasteiger partial charge in [-0.1, -0.05) is 83.1 Å². The zero-order chi connectivity index (χ0) is 39.0. The van der Waals surface area contributed by atoms with E-state index in [-0.39, 0.29) is 36.0 Å². The third-order valence-corrected chi connectivity index (χ3v) is 10.6. The largest absolute Gasteiger partial charge is 0.390 e. The van der Waals surface area contributed by atoms with E-state index in [1.165, 1.54) is 31.2 Å². The number of nitrogens with zero attached hydrogens (tertiary/aromatic N) is 2. The minimum Gasteiger partial charge on any atom is -0.390 e. The number of hydrogen-bond acceptors (Lipinski definition) is 8. The van der Waals surface area contributed by atoms with Crippen LogP contribution < -0.4 is 16.0 Å². The van der Waals surface area contributed by atoms with E-state index >= 15 is 0 Å². The van der Waals surface area contributed by atoms with E-state index in [0.29, 0.717) is 11.1 Å². The number of aliphatic hydroxyl groups is 1. The fourth-order valence-electron chi connectivity index (χ4n) is 5.69. The molecular formula is C38H52FN5O7S. The molecule has 3 aromatic carbocycles. The molecule has 0 heterocycles. The van der Waals surface area contributed by atoms with Crippen molar-refractivity contribution in [2.75, 3.05) is 19.6 Å².